The summed E-state index contributed by atoms with van der Waals surface area (Å²) in [4.78, 5) is 28.8. The summed E-state index contributed by atoms with van der Waals surface area (Å²) in [5.74, 6) is -0.241. The molecule has 0 bridgehead atoms. The summed E-state index contributed by atoms with van der Waals surface area (Å²) in [5.41, 5.74) is 1.62. The van der Waals surface area contributed by atoms with Gasteiger partial charge in [-0.3, -0.25) is 14.5 Å². The molecule has 0 aliphatic carbocycles. The minimum atomic E-state index is -0.154. The van der Waals surface area contributed by atoms with Crippen molar-refractivity contribution in [2.75, 3.05) is 53.5 Å². The zero-order valence-corrected chi connectivity index (χ0v) is 13.8. The van der Waals surface area contributed by atoms with E-state index in [4.69, 9.17) is 4.74 Å². The predicted molar refractivity (Wildman–Crippen MR) is 80.4 cm³/mol. The van der Waals surface area contributed by atoms with Gasteiger partial charge in [0.25, 0.3) is 0 Å². The lowest BCUT2D eigenvalue weighted by Crippen LogP contribution is -2.49. The molecule has 1 fully saturated rings. The van der Waals surface area contributed by atoms with Gasteiger partial charge in [-0.25, -0.2) is 4.63 Å². The van der Waals surface area contributed by atoms with Crippen LogP contribution in [0.25, 0.3) is 0 Å². The summed E-state index contributed by atoms with van der Waals surface area (Å²) in [5, 5.41) is 7.63. The average molecular weight is 325 g/mol. The number of carbonyl (C=O) groups excluding carboxylic acids is 2. The zero-order valence-electron chi connectivity index (χ0n) is 13.8. The molecule has 0 aromatic carbocycles. The molecule has 0 atom stereocenters. The third-order valence-electron chi connectivity index (χ3n) is 3.79. The maximum atomic E-state index is 12.0. The lowest BCUT2D eigenvalue weighted by Gasteiger charge is -2.34. The third kappa shape index (κ3) is 5.00. The Bertz CT molecular complexity index is 537. The fourth-order valence-corrected chi connectivity index (χ4v) is 2.21. The number of hydrogen-bond acceptors (Lipinski definition) is 7. The molecule has 9 nitrogen and oxygen atoms in total. The molecule has 0 spiro atoms. The Balaban J connectivity index is 1.68. The largest absolute Gasteiger partial charge is 0.362 e. The van der Waals surface area contributed by atoms with Gasteiger partial charge in [-0.15, -0.1) is 0 Å². The molecule has 1 saturated heterocycles. The van der Waals surface area contributed by atoms with E-state index in [0.717, 1.165) is 24.5 Å². The van der Waals surface area contributed by atoms with Crippen molar-refractivity contribution < 1.29 is 19.0 Å². The van der Waals surface area contributed by atoms with Crippen molar-refractivity contribution in [3.63, 3.8) is 0 Å². The summed E-state index contributed by atoms with van der Waals surface area (Å²) in [6.45, 7) is 5.18. The zero-order chi connectivity index (χ0) is 16.8. The van der Waals surface area contributed by atoms with E-state index < -0.39 is 0 Å². The molecule has 1 aliphatic heterocycles. The van der Waals surface area contributed by atoms with Crippen LogP contribution in [-0.2, 0) is 20.9 Å². The molecular weight excluding hydrogens is 302 g/mol. The van der Waals surface area contributed by atoms with Gasteiger partial charge in [0.2, 0.25) is 11.8 Å². The van der Waals surface area contributed by atoms with Gasteiger partial charge in [0, 0.05) is 46.8 Å². The number of amides is 2. The second-order valence-corrected chi connectivity index (χ2v) is 5.73. The van der Waals surface area contributed by atoms with Crippen LogP contribution < -0.4 is 0 Å². The molecule has 0 saturated carbocycles. The predicted octanol–water partition coefficient (Wildman–Crippen LogP) is -0.873. The fraction of sp³-hybridized carbons (Fsp3) is 0.714. The first-order valence-electron chi connectivity index (χ1n) is 7.53. The topological polar surface area (TPSA) is 92.0 Å². The highest BCUT2D eigenvalue weighted by Gasteiger charge is 2.22. The summed E-state index contributed by atoms with van der Waals surface area (Å²) < 4.78 is 9.86. The Hall–Kier alpha value is -2.00. The van der Waals surface area contributed by atoms with Crippen molar-refractivity contribution in [2.24, 2.45) is 0 Å². The lowest BCUT2D eigenvalue weighted by atomic mass is 10.2. The van der Waals surface area contributed by atoms with Gasteiger partial charge in [0.15, 0.2) is 0 Å². The number of nitrogens with zero attached hydrogens (tertiary/aromatic N) is 5. The van der Waals surface area contributed by atoms with Crippen molar-refractivity contribution >= 4 is 11.8 Å². The molecule has 2 rings (SSSR count). The van der Waals surface area contributed by atoms with Gasteiger partial charge in [0.05, 0.1) is 0 Å². The average Bonchev–Trinajstić information content (AvgIpc) is 2.92. The van der Waals surface area contributed by atoms with Crippen LogP contribution in [0.2, 0.25) is 0 Å². The smallest absolute Gasteiger partial charge is 0.248 e. The summed E-state index contributed by atoms with van der Waals surface area (Å²) >= 11 is 0. The first-order chi connectivity index (χ1) is 11.0. The van der Waals surface area contributed by atoms with Crippen LogP contribution in [0, 0.1) is 6.92 Å². The number of hydrogen-bond donors (Lipinski definition) is 0. The van der Waals surface area contributed by atoms with Crippen LogP contribution in [-0.4, -0.2) is 90.3 Å². The lowest BCUT2D eigenvalue weighted by molar-refractivity contribution is -0.142. The molecule has 0 radical (unpaired) electrons. The number of rotatable bonds is 6. The van der Waals surface area contributed by atoms with Gasteiger partial charge in [-0.1, -0.05) is 10.3 Å². The quantitative estimate of drug-likeness (QED) is 0.671. The number of ether oxygens (including phenoxy) is 1. The number of aromatic nitrogens is 2. The summed E-state index contributed by atoms with van der Waals surface area (Å²) in [6, 6.07) is 0. The maximum Gasteiger partial charge on any atom is 0.248 e. The molecular formula is C14H23N5O4. The maximum absolute atomic E-state index is 12.0. The van der Waals surface area contributed by atoms with E-state index in [-0.39, 0.29) is 25.0 Å². The van der Waals surface area contributed by atoms with Crippen molar-refractivity contribution in [1.82, 2.24) is 25.0 Å². The van der Waals surface area contributed by atoms with E-state index in [1.54, 1.807) is 19.0 Å². The Morgan fingerprint density at radius 2 is 1.87 bits per heavy atom. The summed E-state index contributed by atoms with van der Waals surface area (Å²) in [7, 11) is 3.30. The van der Waals surface area contributed by atoms with E-state index in [1.807, 2.05) is 6.92 Å². The van der Waals surface area contributed by atoms with E-state index in [9.17, 15) is 9.59 Å². The molecule has 1 aromatic heterocycles. The third-order valence-corrected chi connectivity index (χ3v) is 3.79. The first kappa shape index (κ1) is 17.4. The molecule has 23 heavy (non-hydrogen) atoms. The molecule has 9 heteroatoms. The van der Waals surface area contributed by atoms with Crippen molar-refractivity contribution in [3.8, 4) is 0 Å². The fourth-order valence-electron chi connectivity index (χ4n) is 2.21. The van der Waals surface area contributed by atoms with Crippen LogP contribution in [0.4, 0.5) is 0 Å². The highest BCUT2D eigenvalue weighted by molar-refractivity contribution is 5.79. The van der Waals surface area contributed by atoms with Crippen molar-refractivity contribution in [3.05, 3.63) is 11.4 Å². The normalized spacial score (nSPS) is 15.7. The summed E-state index contributed by atoms with van der Waals surface area (Å²) in [6.07, 6.45) is 0. The van der Waals surface area contributed by atoms with E-state index >= 15 is 0 Å². The van der Waals surface area contributed by atoms with E-state index in [0.29, 0.717) is 19.6 Å². The Kier molecular flexibility index (Phi) is 6.05. The Morgan fingerprint density at radius 1 is 1.17 bits per heavy atom. The molecule has 2 heterocycles. The molecule has 1 aliphatic rings. The van der Waals surface area contributed by atoms with Gasteiger partial charge >= 0.3 is 0 Å². The highest BCUT2D eigenvalue weighted by atomic mass is 16.6. The Morgan fingerprint density at radius 3 is 2.43 bits per heavy atom. The highest BCUT2D eigenvalue weighted by Crippen LogP contribution is 2.09. The number of carbonyl (C=O) groups is 2. The standard InChI is InChI=1S/C14H23N5O4/c1-11-12(16-23-15-11)8-18-4-6-19(7-5-18)14(21)10-22-9-13(20)17(2)3/h4-10H2,1-3H3. The first-order valence-corrected chi connectivity index (χ1v) is 7.53. The van der Waals surface area contributed by atoms with E-state index in [2.05, 4.69) is 19.8 Å². The van der Waals surface area contributed by atoms with Crippen LogP contribution in [0.1, 0.15) is 11.4 Å². The van der Waals surface area contributed by atoms with Crippen molar-refractivity contribution in [1.29, 1.82) is 0 Å². The molecule has 2 amide bonds. The SMILES string of the molecule is Cc1nonc1CN1CCN(C(=O)COCC(=O)N(C)C)CC1. The number of likely N-dealkylation sites (N-methyl/N-ethyl adjacent to an activating group) is 1. The number of piperazine rings is 1. The number of aryl methyl sites for hydroxylation is 1. The van der Waals surface area contributed by atoms with Gasteiger partial charge < -0.3 is 14.5 Å². The van der Waals surface area contributed by atoms with Gasteiger partial charge in [-0.2, -0.15) is 0 Å². The van der Waals surface area contributed by atoms with Crippen LogP contribution in [0.3, 0.4) is 0 Å². The van der Waals surface area contributed by atoms with Crippen LogP contribution in [0.5, 0.6) is 0 Å². The minimum absolute atomic E-state index is 0.0636. The van der Waals surface area contributed by atoms with E-state index in [1.165, 1.54) is 4.90 Å². The molecule has 1 aromatic rings. The van der Waals surface area contributed by atoms with Gasteiger partial charge in [-0.05, 0) is 6.92 Å². The Labute approximate surface area is 135 Å². The second kappa shape index (κ2) is 8.02. The molecule has 0 unspecified atom stereocenters. The monoisotopic (exact) mass is 325 g/mol. The van der Waals surface area contributed by atoms with Gasteiger partial charge in [0.1, 0.15) is 24.6 Å². The molecule has 0 N–H and O–H groups in total. The second-order valence-electron chi connectivity index (χ2n) is 5.73. The minimum Gasteiger partial charge on any atom is -0.362 e. The van der Waals surface area contributed by atoms with Crippen LogP contribution in [0.15, 0.2) is 4.63 Å². The molecule has 128 valence electrons. The van der Waals surface area contributed by atoms with Crippen LogP contribution >= 0.6 is 0 Å². The van der Waals surface area contributed by atoms with Crippen molar-refractivity contribution in [2.45, 2.75) is 13.5 Å².